The standard InChI is InChI=1S/C28H23Cl2N3O5/c1-15-7-8-16(2)22(11-15)31-25(34)14-38-24-10-9-18(13-21(24)30)12-19-26(35)32-28(37)33(27(19)36)23-6-4-5-20(29)17(23)3/h4-13H,14H2,1-3H3,(H,31,34)(H,32,35,37)/b19-12-. The molecule has 3 aromatic rings. The molecule has 1 saturated heterocycles. The van der Waals surface area contributed by atoms with Crippen LogP contribution in [0.25, 0.3) is 6.08 Å². The van der Waals surface area contributed by atoms with E-state index in [0.717, 1.165) is 16.0 Å². The van der Waals surface area contributed by atoms with Gasteiger partial charge in [-0.3, -0.25) is 19.7 Å². The molecule has 8 nitrogen and oxygen atoms in total. The second-order valence-corrected chi connectivity index (χ2v) is 9.50. The molecule has 0 aliphatic carbocycles. The highest BCUT2D eigenvalue weighted by Gasteiger charge is 2.37. The first kappa shape index (κ1) is 26.9. The summed E-state index contributed by atoms with van der Waals surface area (Å²) in [6.45, 7) is 5.21. The average molecular weight is 552 g/mol. The van der Waals surface area contributed by atoms with Crippen LogP contribution in [0.4, 0.5) is 16.2 Å². The normalized spacial score (nSPS) is 14.5. The maximum Gasteiger partial charge on any atom is 0.335 e. The summed E-state index contributed by atoms with van der Waals surface area (Å²) < 4.78 is 5.57. The summed E-state index contributed by atoms with van der Waals surface area (Å²) in [5, 5.41) is 5.52. The number of amides is 5. The number of anilines is 2. The average Bonchev–Trinajstić information content (AvgIpc) is 2.86. The number of urea groups is 1. The third-order valence-corrected chi connectivity index (χ3v) is 6.58. The Balaban J connectivity index is 1.50. The molecule has 1 heterocycles. The summed E-state index contributed by atoms with van der Waals surface area (Å²) in [5.41, 5.74) is 3.56. The van der Waals surface area contributed by atoms with Crippen molar-refractivity contribution in [3.05, 3.63) is 92.5 Å². The van der Waals surface area contributed by atoms with E-state index < -0.39 is 17.8 Å². The lowest BCUT2D eigenvalue weighted by Crippen LogP contribution is -2.54. The summed E-state index contributed by atoms with van der Waals surface area (Å²) in [6.07, 6.45) is 1.32. The molecule has 1 fully saturated rings. The van der Waals surface area contributed by atoms with Crippen LogP contribution >= 0.6 is 23.2 Å². The number of benzene rings is 3. The summed E-state index contributed by atoms with van der Waals surface area (Å²) in [6, 6.07) is 14.2. The Morgan fingerprint density at radius 3 is 2.50 bits per heavy atom. The van der Waals surface area contributed by atoms with E-state index in [-0.39, 0.29) is 34.5 Å². The number of hydrogen-bond acceptors (Lipinski definition) is 5. The lowest BCUT2D eigenvalue weighted by Gasteiger charge is -2.27. The molecule has 2 N–H and O–H groups in total. The van der Waals surface area contributed by atoms with Crippen molar-refractivity contribution in [1.82, 2.24) is 5.32 Å². The minimum absolute atomic E-state index is 0.168. The zero-order valence-corrected chi connectivity index (χ0v) is 22.2. The van der Waals surface area contributed by atoms with Crippen molar-refractivity contribution in [1.29, 1.82) is 0 Å². The first-order valence-electron chi connectivity index (χ1n) is 11.5. The zero-order valence-electron chi connectivity index (χ0n) is 20.7. The van der Waals surface area contributed by atoms with Gasteiger partial charge >= 0.3 is 6.03 Å². The number of halogens is 2. The number of barbiturate groups is 1. The molecular weight excluding hydrogens is 529 g/mol. The fourth-order valence-electron chi connectivity index (χ4n) is 3.81. The first-order valence-corrected chi connectivity index (χ1v) is 12.3. The number of carbonyl (C=O) groups is 4. The summed E-state index contributed by atoms with van der Waals surface area (Å²) in [4.78, 5) is 51.4. The third-order valence-electron chi connectivity index (χ3n) is 5.87. The van der Waals surface area contributed by atoms with Gasteiger partial charge in [0.05, 0.1) is 10.7 Å². The van der Waals surface area contributed by atoms with Gasteiger partial charge in [0.25, 0.3) is 17.7 Å². The quantitative estimate of drug-likeness (QED) is 0.306. The molecule has 10 heteroatoms. The van der Waals surface area contributed by atoms with Gasteiger partial charge in [0.15, 0.2) is 6.61 Å². The van der Waals surface area contributed by atoms with Crippen LogP contribution in [0.1, 0.15) is 22.3 Å². The molecule has 38 heavy (non-hydrogen) atoms. The SMILES string of the molecule is Cc1ccc(C)c(NC(=O)COc2ccc(/C=C3/C(=O)NC(=O)N(c4cccc(Cl)c4C)C3=O)cc2Cl)c1. The second-order valence-electron chi connectivity index (χ2n) is 8.69. The highest BCUT2D eigenvalue weighted by molar-refractivity contribution is 6.40. The zero-order chi connectivity index (χ0) is 27.6. The number of aryl methyl sites for hydroxylation is 2. The number of hydrogen-bond donors (Lipinski definition) is 2. The van der Waals surface area contributed by atoms with E-state index in [1.165, 1.54) is 18.2 Å². The maximum atomic E-state index is 13.2. The first-order chi connectivity index (χ1) is 18.0. The molecule has 0 aromatic heterocycles. The van der Waals surface area contributed by atoms with Crippen LogP contribution in [0.5, 0.6) is 5.75 Å². The highest BCUT2D eigenvalue weighted by atomic mass is 35.5. The molecule has 1 aliphatic heterocycles. The van der Waals surface area contributed by atoms with Gasteiger partial charge in [0, 0.05) is 10.7 Å². The fraction of sp³-hybridized carbons (Fsp3) is 0.143. The van der Waals surface area contributed by atoms with Crippen molar-refractivity contribution in [2.24, 2.45) is 0 Å². The van der Waals surface area contributed by atoms with E-state index in [2.05, 4.69) is 10.6 Å². The fourth-order valence-corrected chi connectivity index (χ4v) is 4.22. The number of carbonyl (C=O) groups excluding carboxylic acids is 4. The molecule has 0 saturated carbocycles. The van der Waals surface area contributed by atoms with E-state index in [4.69, 9.17) is 27.9 Å². The number of imide groups is 2. The van der Waals surface area contributed by atoms with Gasteiger partial charge in [0.2, 0.25) is 0 Å². The molecular formula is C28H23Cl2N3O5. The van der Waals surface area contributed by atoms with Gasteiger partial charge in [-0.15, -0.1) is 0 Å². The van der Waals surface area contributed by atoms with E-state index in [1.54, 1.807) is 31.2 Å². The Morgan fingerprint density at radius 2 is 1.76 bits per heavy atom. The minimum Gasteiger partial charge on any atom is -0.482 e. The van der Waals surface area contributed by atoms with Crippen molar-refractivity contribution in [3.63, 3.8) is 0 Å². The van der Waals surface area contributed by atoms with Gasteiger partial charge in [-0.05, 0) is 79.4 Å². The number of nitrogens with zero attached hydrogens (tertiary/aromatic N) is 1. The topological polar surface area (TPSA) is 105 Å². The van der Waals surface area contributed by atoms with Crippen LogP contribution in [0, 0.1) is 20.8 Å². The van der Waals surface area contributed by atoms with Gasteiger partial charge in [-0.2, -0.15) is 0 Å². The van der Waals surface area contributed by atoms with Crippen LogP contribution in [0.2, 0.25) is 10.0 Å². The van der Waals surface area contributed by atoms with Crippen LogP contribution in [-0.4, -0.2) is 30.4 Å². The molecule has 5 amide bonds. The largest absolute Gasteiger partial charge is 0.482 e. The van der Waals surface area contributed by atoms with E-state index in [9.17, 15) is 19.2 Å². The Kier molecular flexibility index (Phi) is 7.85. The van der Waals surface area contributed by atoms with Gasteiger partial charge in [0.1, 0.15) is 11.3 Å². The van der Waals surface area contributed by atoms with Crippen LogP contribution in [-0.2, 0) is 14.4 Å². The Morgan fingerprint density at radius 1 is 1.00 bits per heavy atom. The van der Waals surface area contributed by atoms with Crippen molar-refractivity contribution in [3.8, 4) is 5.75 Å². The molecule has 4 rings (SSSR count). The summed E-state index contributed by atoms with van der Waals surface area (Å²) in [5.74, 6) is -1.75. The van der Waals surface area contributed by atoms with Crippen LogP contribution in [0.15, 0.2) is 60.2 Å². The summed E-state index contributed by atoms with van der Waals surface area (Å²) >= 11 is 12.5. The van der Waals surface area contributed by atoms with Crippen molar-refractivity contribution < 1.29 is 23.9 Å². The lowest BCUT2D eigenvalue weighted by molar-refractivity contribution is -0.122. The lowest BCUT2D eigenvalue weighted by atomic mass is 10.1. The molecule has 0 unspecified atom stereocenters. The third kappa shape index (κ3) is 5.72. The van der Waals surface area contributed by atoms with Gasteiger partial charge < -0.3 is 10.1 Å². The number of nitrogens with one attached hydrogen (secondary N) is 2. The molecule has 0 bridgehead atoms. The van der Waals surface area contributed by atoms with Gasteiger partial charge in [-0.1, -0.05) is 47.5 Å². The maximum absolute atomic E-state index is 13.2. The molecule has 0 radical (unpaired) electrons. The monoisotopic (exact) mass is 551 g/mol. The predicted molar refractivity (Wildman–Crippen MR) is 147 cm³/mol. The second kappa shape index (κ2) is 11.1. The molecule has 0 spiro atoms. The van der Waals surface area contributed by atoms with Crippen LogP contribution < -0.4 is 20.3 Å². The summed E-state index contributed by atoms with van der Waals surface area (Å²) in [7, 11) is 0. The Hall–Kier alpha value is -4.14. The molecule has 194 valence electrons. The van der Waals surface area contributed by atoms with Crippen molar-refractivity contribution >= 4 is 64.4 Å². The smallest absolute Gasteiger partial charge is 0.335 e. The molecule has 1 aliphatic rings. The molecule has 3 aromatic carbocycles. The van der Waals surface area contributed by atoms with Crippen molar-refractivity contribution in [2.45, 2.75) is 20.8 Å². The number of rotatable bonds is 6. The Labute approximate surface area is 229 Å². The van der Waals surface area contributed by atoms with E-state index >= 15 is 0 Å². The van der Waals surface area contributed by atoms with Crippen LogP contribution in [0.3, 0.4) is 0 Å². The van der Waals surface area contributed by atoms with E-state index in [1.807, 2.05) is 32.0 Å². The Bertz CT molecular complexity index is 1520. The van der Waals surface area contributed by atoms with Crippen molar-refractivity contribution in [2.75, 3.05) is 16.8 Å². The molecule has 0 atom stereocenters. The van der Waals surface area contributed by atoms with Gasteiger partial charge in [-0.25, -0.2) is 9.69 Å². The number of ether oxygens (including phenoxy) is 1. The highest BCUT2D eigenvalue weighted by Crippen LogP contribution is 2.31. The van der Waals surface area contributed by atoms with E-state index in [0.29, 0.717) is 21.8 Å². The predicted octanol–water partition coefficient (Wildman–Crippen LogP) is 5.60. The minimum atomic E-state index is -0.872.